The molecule has 0 aliphatic rings. The summed E-state index contributed by atoms with van der Waals surface area (Å²) in [5, 5.41) is 11.4. The van der Waals surface area contributed by atoms with E-state index in [-0.39, 0.29) is 12.5 Å². The molecule has 0 unspecified atom stereocenters. The number of amides is 1. The molecule has 0 aliphatic carbocycles. The minimum Gasteiger partial charge on any atom is -0.479 e. The topological polar surface area (TPSA) is 79.9 Å². The third-order valence-electron chi connectivity index (χ3n) is 4.42. The Bertz CT molecular complexity index is 1060. The lowest BCUT2D eigenvalue weighted by Crippen LogP contribution is -2.09. The number of nitriles is 1. The number of nitrogens with zero attached hydrogens (tertiary/aromatic N) is 3. The van der Waals surface area contributed by atoms with Gasteiger partial charge in [0.05, 0.1) is 0 Å². The Balaban J connectivity index is 1.60. The Hall–Kier alpha value is -3.85. The van der Waals surface area contributed by atoms with Gasteiger partial charge in [-0.3, -0.25) is 4.79 Å². The lowest BCUT2D eigenvalue weighted by atomic mass is 10.1. The number of hydrogen-bond acceptors (Lipinski definition) is 4. The van der Waals surface area contributed by atoms with Crippen molar-refractivity contribution >= 4 is 17.7 Å². The van der Waals surface area contributed by atoms with Gasteiger partial charge in [-0.25, -0.2) is 4.98 Å². The normalized spacial score (nSPS) is 10.9. The van der Waals surface area contributed by atoms with Gasteiger partial charge in [0.25, 0.3) is 0 Å². The van der Waals surface area contributed by atoms with Gasteiger partial charge in [0, 0.05) is 36.6 Å². The van der Waals surface area contributed by atoms with Crippen molar-refractivity contribution in [3.8, 4) is 11.8 Å². The predicted molar refractivity (Wildman–Crippen MR) is 117 cm³/mol. The number of hydrogen-bond donors (Lipinski definition) is 1. The minimum atomic E-state index is -0.206. The van der Waals surface area contributed by atoms with Crippen LogP contribution in [-0.4, -0.2) is 22.1 Å². The summed E-state index contributed by atoms with van der Waals surface area (Å²) < 4.78 is 7.33. The van der Waals surface area contributed by atoms with Gasteiger partial charge in [-0.2, -0.15) is 5.26 Å². The summed E-state index contributed by atoms with van der Waals surface area (Å²) in [4.78, 5) is 16.7. The molecule has 0 atom stereocenters. The van der Waals surface area contributed by atoms with Crippen LogP contribution in [0.15, 0.2) is 67.0 Å². The molecule has 0 radical (unpaired) electrons. The standard InChI is InChI=1S/C24H24N4O2/c1-18(2)24-26-13-14-28(24)17-20-4-3-5-21(16-20)27-23(29)11-8-19-6-9-22(10-7-19)30-15-12-25/h3-11,13-14,16,18H,15,17H2,1-2H3,(H,27,29). The van der Waals surface area contributed by atoms with E-state index in [1.54, 1.807) is 18.2 Å². The summed E-state index contributed by atoms with van der Waals surface area (Å²) >= 11 is 0. The number of aromatic nitrogens is 2. The van der Waals surface area contributed by atoms with Gasteiger partial charge in [0.2, 0.25) is 5.91 Å². The fraction of sp³-hybridized carbons (Fsp3) is 0.208. The fourth-order valence-electron chi connectivity index (χ4n) is 3.05. The van der Waals surface area contributed by atoms with E-state index in [0.717, 1.165) is 22.6 Å². The summed E-state index contributed by atoms with van der Waals surface area (Å²) in [5.41, 5.74) is 2.70. The van der Waals surface area contributed by atoms with Gasteiger partial charge in [0.1, 0.15) is 17.6 Å². The van der Waals surface area contributed by atoms with Crippen LogP contribution in [0.2, 0.25) is 0 Å². The maximum absolute atomic E-state index is 12.3. The van der Waals surface area contributed by atoms with Crippen molar-refractivity contribution < 1.29 is 9.53 Å². The second kappa shape index (κ2) is 10.1. The molecule has 3 rings (SSSR count). The Morgan fingerprint density at radius 3 is 2.80 bits per heavy atom. The quantitative estimate of drug-likeness (QED) is 0.560. The molecular weight excluding hydrogens is 376 g/mol. The first-order valence-electron chi connectivity index (χ1n) is 9.74. The summed E-state index contributed by atoms with van der Waals surface area (Å²) in [6.07, 6.45) is 7.01. The van der Waals surface area contributed by atoms with Gasteiger partial charge in [-0.05, 0) is 41.5 Å². The molecule has 2 aromatic carbocycles. The van der Waals surface area contributed by atoms with Crippen LogP contribution in [0.1, 0.15) is 36.7 Å². The molecule has 0 aliphatic heterocycles. The molecule has 0 spiro atoms. The highest BCUT2D eigenvalue weighted by Gasteiger charge is 2.08. The van der Waals surface area contributed by atoms with Crippen LogP contribution in [0.4, 0.5) is 5.69 Å². The molecule has 0 bridgehead atoms. The number of imidazole rings is 1. The highest BCUT2D eigenvalue weighted by Crippen LogP contribution is 2.17. The van der Waals surface area contributed by atoms with Crippen molar-refractivity contribution in [2.75, 3.05) is 11.9 Å². The second-order valence-corrected chi connectivity index (χ2v) is 7.11. The zero-order chi connectivity index (χ0) is 21.3. The van der Waals surface area contributed by atoms with Crippen molar-refractivity contribution in [2.24, 2.45) is 0 Å². The van der Waals surface area contributed by atoms with Crippen molar-refractivity contribution in [3.63, 3.8) is 0 Å². The molecule has 6 nitrogen and oxygen atoms in total. The van der Waals surface area contributed by atoms with Crippen LogP contribution in [-0.2, 0) is 11.3 Å². The maximum atomic E-state index is 12.3. The summed E-state index contributed by atoms with van der Waals surface area (Å²) in [6.45, 7) is 4.95. The van der Waals surface area contributed by atoms with Gasteiger partial charge >= 0.3 is 0 Å². The first-order valence-corrected chi connectivity index (χ1v) is 9.74. The third kappa shape index (κ3) is 5.82. The Morgan fingerprint density at radius 1 is 1.27 bits per heavy atom. The monoisotopic (exact) mass is 400 g/mol. The number of rotatable bonds is 8. The molecular formula is C24H24N4O2. The van der Waals surface area contributed by atoms with E-state index >= 15 is 0 Å². The first-order chi connectivity index (χ1) is 14.5. The van der Waals surface area contributed by atoms with E-state index in [9.17, 15) is 4.79 Å². The zero-order valence-corrected chi connectivity index (χ0v) is 17.1. The minimum absolute atomic E-state index is 0.0102. The molecule has 1 amide bonds. The van der Waals surface area contributed by atoms with Crippen LogP contribution < -0.4 is 10.1 Å². The molecule has 30 heavy (non-hydrogen) atoms. The van der Waals surface area contributed by atoms with E-state index in [1.807, 2.05) is 54.9 Å². The highest BCUT2D eigenvalue weighted by molar-refractivity contribution is 6.01. The second-order valence-electron chi connectivity index (χ2n) is 7.11. The SMILES string of the molecule is CC(C)c1nccn1Cc1cccc(NC(=O)C=Cc2ccc(OCC#N)cc2)c1. The Labute approximate surface area is 176 Å². The van der Waals surface area contributed by atoms with Crippen LogP contribution in [0, 0.1) is 11.3 Å². The molecule has 152 valence electrons. The average molecular weight is 400 g/mol. The number of carbonyl (C=O) groups excluding carboxylic acids is 1. The maximum Gasteiger partial charge on any atom is 0.248 e. The van der Waals surface area contributed by atoms with Crippen molar-refractivity contribution in [1.29, 1.82) is 5.26 Å². The number of carbonyl (C=O) groups is 1. The predicted octanol–water partition coefficient (Wildman–Crippen LogP) is 4.61. The van der Waals surface area contributed by atoms with Crippen molar-refractivity contribution in [2.45, 2.75) is 26.3 Å². The summed E-state index contributed by atoms with van der Waals surface area (Å²) in [5.74, 6) is 1.80. The molecule has 6 heteroatoms. The number of anilines is 1. The van der Waals surface area contributed by atoms with E-state index in [4.69, 9.17) is 10.00 Å². The Morgan fingerprint density at radius 2 is 2.07 bits per heavy atom. The van der Waals surface area contributed by atoms with Gasteiger partial charge in [0.15, 0.2) is 6.61 Å². The van der Waals surface area contributed by atoms with Crippen LogP contribution >= 0.6 is 0 Å². The van der Waals surface area contributed by atoms with Gasteiger partial charge < -0.3 is 14.6 Å². The molecule has 1 N–H and O–H groups in total. The van der Waals surface area contributed by atoms with Gasteiger partial charge in [-0.15, -0.1) is 0 Å². The summed E-state index contributed by atoms with van der Waals surface area (Å²) in [6, 6.07) is 16.9. The average Bonchev–Trinajstić information content (AvgIpc) is 3.20. The lowest BCUT2D eigenvalue weighted by Gasteiger charge is -2.11. The van der Waals surface area contributed by atoms with E-state index in [0.29, 0.717) is 18.2 Å². The van der Waals surface area contributed by atoms with Crippen LogP contribution in [0.5, 0.6) is 5.75 Å². The molecule has 3 aromatic rings. The molecule has 1 heterocycles. The Kier molecular flexibility index (Phi) is 7.01. The molecule has 0 saturated carbocycles. The van der Waals surface area contributed by atoms with E-state index < -0.39 is 0 Å². The third-order valence-corrected chi connectivity index (χ3v) is 4.42. The highest BCUT2D eigenvalue weighted by atomic mass is 16.5. The zero-order valence-electron chi connectivity index (χ0n) is 17.1. The molecule has 0 fully saturated rings. The molecule has 0 saturated heterocycles. The van der Waals surface area contributed by atoms with Crippen molar-refractivity contribution in [1.82, 2.24) is 9.55 Å². The molecule has 1 aromatic heterocycles. The first kappa shape index (κ1) is 20.9. The van der Waals surface area contributed by atoms with E-state index in [1.165, 1.54) is 6.08 Å². The van der Waals surface area contributed by atoms with Crippen LogP contribution in [0.25, 0.3) is 6.08 Å². The van der Waals surface area contributed by atoms with Crippen molar-refractivity contribution in [3.05, 3.63) is 84.0 Å². The van der Waals surface area contributed by atoms with Gasteiger partial charge in [-0.1, -0.05) is 38.1 Å². The number of nitrogens with one attached hydrogen (secondary N) is 1. The van der Waals surface area contributed by atoms with E-state index in [2.05, 4.69) is 28.7 Å². The lowest BCUT2D eigenvalue weighted by molar-refractivity contribution is -0.111. The largest absolute Gasteiger partial charge is 0.479 e. The number of benzene rings is 2. The fourth-order valence-corrected chi connectivity index (χ4v) is 3.05. The smallest absolute Gasteiger partial charge is 0.248 e. The van der Waals surface area contributed by atoms with Crippen LogP contribution in [0.3, 0.4) is 0 Å². The number of ether oxygens (including phenoxy) is 1. The summed E-state index contributed by atoms with van der Waals surface area (Å²) in [7, 11) is 0.